The van der Waals surface area contributed by atoms with Crippen molar-refractivity contribution in [2.45, 2.75) is 13.1 Å². The van der Waals surface area contributed by atoms with Crippen LogP contribution >= 0.6 is 22.9 Å². The largest absolute Gasteiger partial charge is 0.496 e. The molecule has 9 nitrogen and oxygen atoms in total. The normalized spacial score (nSPS) is 11.0. The Kier molecular flexibility index (Phi) is 6.89. The SMILES string of the molecule is COc1ccccc1C(=O)n1nc(-c2cccc(=O)n2Cc2cnco2)c(F)c1NCc1ccc(Cl)s1. The number of nitrogens with zero attached hydrogens (tertiary/aromatic N) is 4. The summed E-state index contributed by atoms with van der Waals surface area (Å²) in [5.74, 6) is -0.884. The molecule has 37 heavy (non-hydrogen) atoms. The molecule has 0 unspecified atom stereocenters. The molecule has 0 amide bonds. The maximum absolute atomic E-state index is 16.0. The second-order valence-corrected chi connectivity index (χ2v) is 9.59. The molecule has 0 aliphatic heterocycles. The Hall–Kier alpha value is -4.22. The number of hydrogen-bond donors (Lipinski definition) is 1. The number of oxazole rings is 1. The van der Waals surface area contributed by atoms with Crippen LogP contribution in [0.1, 0.15) is 21.0 Å². The number of aromatic nitrogens is 4. The molecule has 0 atom stereocenters. The van der Waals surface area contributed by atoms with Gasteiger partial charge in [-0.25, -0.2) is 9.37 Å². The van der Waals surface area contributed by atoms with E-state index < -0.39 is 17.3 Å². The Labute approximate surface area is 218 Å². The third-order valence-corrected chi connectivity index (χ3v) is 6.74. The smallest absolute Gasteiger partial charge is 0.283 e. The van der Waals surface area contributed by atoms with Gasteiger partial charge in [-0.1, -0.05) is 29.8 Å². The lowest BCUT2D eigenvalue weighted by atomic mass is 10.2. The zero-order valence-corrected chi connectivity index (χ0v) is 20.9. The van der Waals surface area contributed by atoms with Crippen LogP contribution in [0.25, 0.3) is 11.4 Å². The highest BCUT2D eigenvalue weighted by Crippen LogP contribution is 2.30. The minimum atomic E-state index is -0.803. The van der Waals surface area contributed by atoms with Crippen LogP contribution < -0.4 is 15.6 Å². The van der Waals surface area contributed by atoms with E-state index in [1.54, 1.807) is 42.5 Å². The highest BCUT2D eigenvalue weighted by atomic mass is 35.5. The standard InChI is InChI=1S/C25H19ClFN5O4S/c1-35-19-7-3-2-5-17(19)25(34)32-24(29-12-16-9-10-20(26)37-16)22(27)23(30-32)18-6-4-8-21(33)31(18)13-15-11-28-14-36-15/h2-11,14,29H,12-13H2,1H3. The number of hydrogen-bond acceptors (Lipinski definition) is 8. The van der Waals surface area contributed by atoms with Crippen LogP contribution in [-0.4, -0.2) is 32.3 Å². The minimum Gasteiger partial charge on any atom is -0.496 e. The van der Waals surface area contributed by atoms with E-state index in [9.17, 15) is 9.59 Å². The summed E-state index contributed by atoms with van der Waals surface area (Å²) in [4.78, 5) is 31.0. The fraction of sp³-hybridized carbons (Fsp3) is 0.120. The molecular formula is C25H19ClFN5O4S. The molecule has 4 heterocycles. The molecule has 5 aromatic rings. The molecule has 0 fully saturated rings. The summed E-state index contributed by atoms with van der Waals surface area (Å²) in [6.07, 6.45) is 2.70. The third-order valence-electron chi connectivity index (χ3n) is 5.51. The van der Waals surface area contributed by atoms with E-state index >= 15 is 4.39 Å². The van der Waals surface area contributed by atoms with Gasteiger partial charge in [-0.3, -0.25) is 14.2 Å². The molecule has 0 bridgehead atoms. The lowest BCUT2D eigenvalue weighted by Crippen LogP contribution is -2.21. The molecule has 0 saturated heterocycles. The van der Waals surface area contributed by atoms with Crippen molar-refractivity contribution in [3.63, 3.8) is 0 Å². The Morgan fingerprint density at radius 3 is 2.76 bits per heavy atom. The molecule has 0 aliphatic rings. The van der Waals surface area contributed by atoms with Crippen LogP contribution in [0, 0.1) is 5.82 Å². The van der Waals surface area contributed by atoms with Gasteiger partial charge in [-0.2, -0.15) is 9.78 Å². The molecule has 0 saturated carbocycles. The summed E-state index contributed by atoms with van der Waals surface area (Å²) in [6.45, 7) is 0.191. The lowest BCUT2D eigenvalue weighted by Gasteiger charge is -2.10. The van der Waals surface area contributed by atoms with Crippen LogP contribution in [0.15, 0.2) is 76.4 Å². The van der Waals surface area contributed by atoms with E-state index in [2.05, 4.69) is 15.4 Å². The number of halogens is 2. The van der Waals surface area contributed by atoms with E-state index in [1.807, 2.05) is 0 Å². The number of rotatable bonds is 8. The van der Waals surface area contributed by atoms with Crippen molar-refractivity contribution in [2.24, 2.45) is 0 Å². The Morgan fingerprint density at radius 1 is 1.19 bits per heavy atom. The van der Waals surface area contributed by atoms with Gasteiger partial charge in [-0.15, -0.1) is 11.3 Å². The van der Waals surface area contributed by atoms with Gasteiger partial charge in [0.05, 0.1) is 42.0 Å². The van der Waals surface area contributed by atoms with Gasteiger partial charge >= 0.3 is 0 Å². The number of para-hydroxylation sites is 1. The van der Waals surface area contributed by atoms with Crippen LogP contribution in [-0.2, 0) is 13.1 Å². The minimum absolute atomic E-state index is 0.00177. The average molecular weight is 540 g/mol. The van der Waals surface area contributed by atoms with Crippen molar-refractivity contribution < 1.29 is 18.3 Å². The van der Waals surface area contributed by atoms with Gasteiger partial charge in [0.1, 0.15) is 17.2 Å². The van der Waals surface area contributed by atoms with Crippen LogP contribution in [0.5, 0.6) is 5.75 Å². The number of nitrogens with one attached hydrogen (secondary N) is 1. The predicted molar refractivity (Wildman–Crippen MR) is 137 cm³/mol. The molecule has 12 heteroatoms. The van der Waals surface area contributed by atoms with Crippen molar-refractivity contribution in [1.82, 2.24) is 19.3 Å². The topological polar surface area (TPSA) is 104 Å². The van der Waals surface area contributed by atoms with Crippen molar-refractivity contribution in [3.8, 4) is 17.1 Å². The Morgan fingerprint density at radius 2 is 2.03 bits per heavy atom. The monoisotopic (exact) mass is 539 g/mol. The number of thiophene rings is 1. The highest BCUT2D eigenvalue weighted by Gasteiger charge is 2.27. The number of benzene rings is 1. The zero-order chi connectivity index (χ0) is 25.9. The maximum Gasteiger partial charge on any atom is 0.283 e. The molecular weight excluding hydrogens is 521 g/mol. The van der Waals surface area contributed by atoms with E-state index in [0.29, 0.717) is 15.8 Å². The van der Waals surface area contributed by atoms with Gasteiger partial charge in [0.2, 0.25) is 0 Å². The summed E-state index contributed by atoms with van der Waals surface area (Å²) in [5.41, 5.74) is -0.239. The quantitative estimate of drug-likeness (QED) is 0.299. The number of pyridine rings is 1. The van der Waals surface area contributed by atoms with E-state index in [1.165, 1.54) is 47.7 Å². The fourth-order valence-electron chi connectivity index (χ4n) is 3.78. The lowest BCUT2D eigenvalue weighted by molar-refractivity contribution is 0.0944. The number of carbonyl (C=O) groups excluding carboxylic acids is 1. The Balaban J connectivity index is 1.63. The maximum atomic E-state index is 16.0. The van der Waals surface area contributed by atoms with Crippen LogP contribution in [0.2, 0.25) is 4.34 Å². The second-order valence-electron chi connectivity index (χ2n) is 7.79. The van der Waals surface area contributed by atoms with Gasteiger partial charge < -0.3 is 14.5 Å². The van der Waals surface area contributed by atoms with Gasteiger partial charge in [-0.05, 0) is 30.3 Å². The van der Waals surface area contributed by atoms with Crippen LogP contribution in [0.4, 0.5) is 10.2 Å². The molecule has 4 aromatic heterocycles. The number of anilines is 1. The predicted octanol–water partition coefficient (Wildman–Crippen LogP) is 4.91. The van der Waals surface area contributed by atoms with Gasteiger partial charge in [0.25, 0.3) is 11.5 Å². The summed E-state index contributed by atoms with van der Waals surface area (Å²) in [5, 5.41) is 7.29. The summed E-state index contributed by atoms with van der Waals surface area (Å²) < 4.78 is 29.4. The highest BCUT2D eigenvalue weighted by molar-refractivity contribution is 7.16. The van der Waals surface area contributed by atoms with Gasteiger partial charge in [0, 0.05) is 10.9 Å². The molecule has 0 spiro atoms. The van der Waals surface area contributed by atoms with E-state index in [-0.39, 0.29) is 35.9 Å². The second kappa shape index (κ2) is 10.4. The summed E-state index contributed by atoms with van der Waals surface area (Å²) >= 11 is 7.35. The third kappa shape index (κ3) is 4.91. The first-order chi connectivity index (χ1) is 18.0. The number of carbonyl (C=O) groups is 1. The Bertz CT molecular complexity index is 1630. The first-order valence-corrected chi connectivity index (χ1v) is 12.2. The molecule has 0 aliphatic carbocycles. The van der Waals surface area contributed by atoms with Gasteiger partial charge in [0.15, 0.2) is 18.0 Å². The molecule has 1 aromatic carbocycles. The van der Waals surface area contributed by atoms with Crippen molar-refractivity contribution in [3.05, 3.63) is 104 Å². The average Bonchev–Trinajstić information content (AvgIpc) is 3.64. The molecule has 1 N–H and O–H groups in total. The summed E-state index contributed by atoms with van der Waals surface area (Å²) in [6, 6.07) is 14.5. The zero-order valence-electron chi connectivity index (χ0n) is 19.4. The van der Waals surface area contributed by atoms with Crippen molar-refractivity contribution in [2.75, 3.05) is 12.4 Å². The van der Waals surface area contributed by atoms with Crippen molar-refractivity contribution >= 4 is 34.7 Å². The number of methoxy groups -OCH3 is 1. The van der Waals surface area contributed by atoms with Crippen LogP contribution in [0.3, 0.4) is 0 Å². The van der Waals surface area contributed by atoms with E-state index in [0.717, 1.165) is 9.56 Å². The first kappa shape index (κ1) is 24.5. The molecule has 0 radical (unpaired) electrons. The first-order valence-electron chi connectivity index (χ1n) is 11.0. The summed E-state index contributed by atoms with van der Waals surface area (Å²) in [7, 11) is 1.44. The molecule has 5 rings (SSSR count). The van der Waals surface area contributed by atoms with E-state index in [4.69, 9.17) is 20.8 Å². The number of ether oxygens (including phenoxy) is 1. The molecule has 188 valence electrons. The van der Waals surface area contributed by atoms with Crippen molar-refractivity contribution in [1.29, 1.82) is 0 Å². The fourth-order valence-corrected chi connectivity index (χ4v) is 4.81.